The molecule has 2 aromatic rings. The zero-order valence-corrected chi connectivity index (χ0v) is 12.0. The lowest BCUT2D eigenvalue weighted by Crippen LogP contribution is -2.36. The molecular weight excluding hydrogens is 270 g/mol. The van der Waals surface area contributed by atoms with Crippen molar-refractivity contribution in [1.29, 1.82) is 0 Å². The Bertz CT molecular complexity index is 632. The monoisotopic (exact) mass is 285 g/mol. The average molecular weight is 286 g/mol. The van der Waals surface area contributed by atoms with E-state index in [1.165, 1.54) is 11.1 Å². The van der Waals surface area contributed by atoms with E-state index < -0.39 is 0 Å². The Labute approximate surface area is 123 Å². The number of aryl methyl sites for hydroxylation is 1. The van der Waals surface area contributed by atoms with E-state index in [4.69, 9.17) is 17.3 Å². The van der Waals surface area contributed by atoms with Crippen molar-refractivity contribution >= 4 is 23.2 Å². The Morgan fingerprint density at radius 2 is 1.75 bits per heavy atom. The minimum Gasteiger partial charge on any atom is -0.369 e. The zero-order valence-electron chi connectivity index (χ0n) is 11.3. The SMILES string of the molecule is Cc1ccc(C2CN=C(N)N2c2ccc(Cl)cc2)cc1. The van der Waals surface area contributed by atoms with Gasteiger partial charge in [0.25, 0.3) is 0 Å². The molecule has 0 radical (unpaired) electrons. The Morgan fingerprint density at radius 1 is 1.10 bits per heavy atom. The van der Waals surface area contributed by atoms with Crippen LogP contribution in [0.4, 0.5) is 5.69 Å². The van der Waals surface area contributed by atoms with Crippen LogP contribution in [0.15, 0.2) is 53.5 Å². The topological polar surface area (TPSA) is 41.6 Å². The molecule has 0 spiro atoms. The van der Waals surface area contributed by atoms with Gasteiger partial charge >= 0.3 is 0 Å². The molecule has 0 amide bonds. The summed E-state index contributed by atoms with van der Waals surface area (Å²) in [7, 11) is 0. The molecule has 0 fully saturated rings. The van der Waals surface area contributed by atoms with Gasteiger partial charge in [-0.15, -0.1) is 0 Å². The lowest BCUT2D eigenvalue weighted by Gasteiger charge is -2.26. The number of nitrogens with zero attached hydrogens (tertiary/aromatic N) is 2. The summed E-state index contributed by atoms with van der Waals surface area (Å²) in [5.41, 5.74) is 9.53. The number of rotatable bonds is 2. The van der Waals surface area contributed by atoms with Crippen molar-refractivity contribution < 1.29 is 0 Å². The number of halogens is 1. The Hall–Kier alpha value is -2.00. The Morgan fingerprint density at radius 3 is 2.40 bits per heavy atom. The van der Waals surface area contributed by atoms with E-state index >= 15 is 0 Å². The van der Waals surface area contributed by atoms with Gasteiger partial charge in [0.05, 0.1) is 12.6 Å². The Kier molecular flexibility index (Phi) is 3.36. The number of nitrogens with two attached hydrogens (primary N) is 1. The molecule has 0 saturated heterocycles. The van der Waals surface area contributed by atoms with Crippen LogP contribution in [0.1, 0.15) is 17.2 Å². The summed E-state index contributed by atoms with van der Waals surface area (Å²) in [4.78, 5) is 6.44. The molecular formula is C16H16ClN3. The van der Waals surface area contributed by atoms with Gasteiger partial charge in [-0.05, 0) is 36.8 Å². The average Bonchev–Trinajstić information content (AvgIpc) is 2.83. The van der Waals surface area contributed by atoms with Crippen molar-refractivity contribution in [1.82, 2.24) is 0 Å². The molecule has 1 heterocycles. The molecule has 2 N–H and O–H groups in total. The van der Waals surface area contributed by atoms with E-state index in [0.29, 0.717) is 12.5 Å². The second-order valence-corrected chi connectivity index (χ2v) is 5.41. The number of anilines is 1. The quantitative estimate of drug-likeness (QED) is 0.917. The zero-order chi connectivity index (χ0) is 14.1. The molecule has 1 unspecified atom stereocenters. The molecule has 20 heavy (non-hydrogen) atoms. The van der Waals surface area contributed by atoms with Crippen molar-refractivity contribution in [3.05, 3.63) is 64.7 Å². The van der Waals surface area contributed by atoms with Gasteiger partial charge in [-0.3, -0.25) is 4.99 Å². The fraction of sp³-hybridized carbons (Fsp3) is 0.188. The highest BCUT2D eigenvalue weighted by molar-refractivity contribution is 6.30. The standard InChI is InChI=1S/C16H16ClN3/c1-11-2-4-12(5-3-11)15-10-19-16(18)20(15)14-8-6-13(17)7-9-14/h2-9,15H,10H2,1H3,(H2,18,19). The number of benzene rings is 2. The van der Waals surface area contributed by atoms with Gasteiger partial charge in [0.2, 0.25) is 0 Å². The fourth-order valence-electron chi connectivity index (χ4n) is 2.45. The van der Waals surface area contributed by atoms with E-state index in [-0.39, 0.29) is 6.04 Å². The van der Waals surface area contributed by atoms with Crippen LogP contribution in [-0.4, -0.2) is 12.5 Å². The normalized spacial score (nSPS) is 18.2. The minimum atomic E-state index is 0.150. The van der Waals surface area contributed by atoms with Crippen LogP contribution in [0.2, 0.25) is 5.02 Å². The highest BCUT2D eigenvalue weighted by atomic mass is 35.5. The second kappa shape index (κ2) is 5.17. The molecule has 3 nitrogen and oxygen atoms in total. The fourth-order valence-corrected chi connectivity index (χ4v) is 2.58. The summed E-state index contributed by atoms with van der Waals surface area (Å²) in [6.45, 7) is 2.76. The summed E-state index contributed by atoms with van der Waals surface area (Å²) in [5, 5.41) is 0.718. The third kappa shape index (κ3) is 2.37. The van der Waals surface area contributed by atoms with E-state index in [2.05, 4.69) is 41.1 Å². The van der Waals surface area contributed by atoms with Crippen LogP contribution < -0.4 is 10.6 Å². The summed E-state index contributed by atoms with van der Waals surface area (Å²) < 4.78 is 0. The number of hydrogen-bond acceptors (Lipinski definition) is 3. The van der Waals surface area contributed by atoms with Gasteiger partial charge in [0.1, 0.15) is 0 Å². The Balaban J connectivity index is 1.96. The third-order valence-electron chi connectivity index (χ3n) is 3.55. The minimum absolute atomic E-state index is 0.150. The summed E-state index contributed by atoms with van der Waals surface area (Å²) >= 11 is 5.95. The van der Waals surface area contributed by atoms with Gasteiger partial charge < -0.3 is 10.6 Å². The lowest BCUT2D eigenvalue weighted by atomic mass is 10.0. The van der Waals surface area contributed by atoms with E-state index in [0.717, 1.165) is 10.7 Å². The maximum Gasteiger partial charge on any atom is 0.196 e. The summed E-state index contributed by atoms with van der Waals surface area (Å²) in [5.74, 6) is 0.554. The number of hydrogen-bond donors (Lipinski definition) is 1. The summed E-state index contributed by atoms with van der Waals surface area (Å²) in [6, 6.07) is 16.3. The van der Waals surface area contributed by atoms with Gasteiger partial charge in [-0.1, -0.05) is 41.4 Å². The van der Waals surface area contributed by atoms with Crippen LogP contribution in [-0.2, 0) is 0 Å². The summed E-state index contributed by atoms with van der Waals surface area (Å²) in [6.07, 6.45) is 0. The van der Waals surface area contributed by atoms with Gasteiger partial charge in [-0.25, -0.2) is 0 Å². The largest absolute Gasteiger partial charge is 0.369 e. The van der Waals surface area contributed by atoms with Crippen molar-refractivity contribution in [2.75, 3.05) is 11.4 Å². The molecule has 0 bridgehead atoms. The first-order chi connectivity index (χ1) is 9.65. The molecule has 1 aliphatic heterocycles. The van der Waals surface area contributed by atoms with Crippen LogP contribution in [0, 0.1) is 6.92 Å². The molecule has 4 heteroatoms. The van der Waals surface area contributed by atoms with Crippen molar-refractivity contribution in [2.24, 2.45) is 10.7 Å². The predicted molar refractivity (Wildman–Crippen MR) is 84.3 cm³/mol. The van der Waals surface area contributed by atoms with E-state index in [1.54, 1.807) is 0 Å². The van der Waals surface area contributed by atoms with Gasteiger partial charge in [0.15, 0.2) is 5.96 Å². The van der Waals surface area contributed by atoms with Gasteiger partial charge in [0, 0.05) is 10.7 Å². The van der Waals surface area contributed by atoms with E-state index in [1.807, 2.05) is 24.3 Å². The molecule has 0 aliphatic carbocycles. The maximum absolute atomic E-state index is 6.05. The smallest absolute Gasteiger partial charge is 0.196 e. The van der Waals surface area contributed by atoms with Crippen LogP contribution in [0.25, 0.3) is 0 Å². The second-order valence-electron chi connectivity index (χ2n) is 4.97. The van der Waals surface area contributed by atoms with E-state index in [9.17, 15) is 0 Å². The lowest BCUT2D eigenvalue weighted by molar-refractivity contribution is 0.768. The van der Waals surface area contributed by atoms with Crippen molar-refractivity contribution in [3.63, 3.8) is 0 Å². The highest BCUT2D eigenvalue weighted by Crippen LogP contribution is 2.31. The van der Waals surface area contributed by atoms with Gasteiger partial charge in [-0.2, -0.15) is 0 Å². The van der Waals surface area contributed by atoms with Crippen LogP contribution >= 0.6 is 11.6 Å². The first-order valence-corrected chi connectivity index (χ1v) is 6.94. The molecule has 3 rings (SSSR count). The van der Waals surface area contributed by atoms with Crippen LogP contribution in [0.5, 0.6) is 0 Å². The first-order valence-electron chi connectivity index (χ1n) is 6.56. The number of guanidine groups is 1. The molecule has 0 saturated carbocycles. The highest BCUT2D eigenvalue weighted by Gasteiger charge is 2.28. The number of aliphatic imine (C=N–C) groups is 1. The molecule has 2 aromatic carbocycles. The molecule has 0 aromatic heterocycles. The van der Waals surface area contributed by atoms with Crippen LogP contribution in [0.3, 0.4) is 0 Å². The first kappa shape index (κ1) is 13.0. The maximum atomic E-state index is 6.05. The molecule has 102 valence electrons. The molecule has 1 atom stereocenters. The third-order valence-corrected chi connectivity index (χ3v) is 3.80. The predicted octanol–water partition coefficient (Wildman–Crippen LogP) is 3.52. The molecule has 1 aliphatic rings. The van der Waals surface area contributed by atoms with Crippen molar-refractivity contribution in [2.45, 2.75) is 13.0 Å². The van der Waals surface area contributed by atoms with Crippen molar-refractivity contribution in [3.8, 4) is 0 Å².